The van der Waals surface area contributed by atoms with Crippen molar-refractivity contribution in [2.45, 2.75) is 45.4 Å². The van der Waals surface area contributed by atoms with Crippen LogP contribution in [0.15, 0.2) is 30.6 Å². The zero-order valence-corrected chi connectivity index (χ0v) is 21.3. The minimum atomic E-state index is -4.60. The van der Waals surface area contributed by atoms with Crippen LogP contribution >= 0.6 is 0 Å². The van der Waals surface area contributed by atoms with Gasteiger partial charge in [0.05, 0.1) is 23.6 Å². The van der Waals surface area contributed by atoms with E-state index in [0.29, 0.717) is 30.2 Å². The number of aromatic nitrogens is 5. The lowest BCUT2D eigenvalue weighted by Gasteiger charge is -2.13. The van der Waals surface area contributed by atoms with Crippen molar-refractivity contribution >= 4 is 5.78 Å². The van der Waals surface area contributed by atoms with E-state index in [2.05, 4.69) is 20.3 Å². The summed E-state index contributed by atoms with van der Waals surface area (Å²) in [6, 6.07) is 5.11. The second-order valence-electron chi connectivity index (χ2n) is 8.13. The Bertz CT molecular complexity index is 1170. The third-order valence-corrected chi connectivity index (χ3v) is 4.97. The van der Waals surface area contributed by atoms with Gasteiger partial charge in [-0.25, -0.2) is 13.8 Å². The van der Waals surface area contributed by atoms with E-state index in [0.717, 1.165) is 10.2 Å². The number of carbonyl (C=O) groups is 1. The Morgan fingerprint density at radius 2 is 1.87 bits per heavy atom. The molecular formula is C24H29F6N5O3. The molecule has 1 unspecified atom stereocenters. The van der Waals surface area contributed by atoms with Crippen molar-refractivity contribution in [2.75, 3.05) is 20.6 Å². The molecular weight excluding hydrogens is 520 g/mol. The van der Waals surface area contributed by atoms with Gasteiger partial charge in [0.15, 0.2) is 5.69 Å². The smallest absolute Gasteiger partial charge is 0.435 e. The number of Topliss-reactive ketones (excluding diaryl/α,β-unsaturated/α-hetero) is 1. The second-order valence-corrected chi connectivity index (χ2v) is 8.13. The molecule has 3 heterocycles. The van der Waals surface area contributed by atoms with Gasteiger partial charge in [0, 0.05) is 45.5 Å². The van der Waals surface area contributed by atoms with Crippen LogP contribution in [0.3, 0.4) is 0 Å². The van der Waals surface area contributed by atoms with Gasteiger partial charge < -0.3 is 9.47 Å². The molecule has 3 aromatic rings. The first-order valence-electron chi connectivity index (χ1n) is 11.2. The van der Waals surface area contributed by atoms with Crippen LogP contribution in [0.25, 0.3) is 11.3 Å². The minimum Gasteiger partial charge on any atom is -0.472 e. The lowest BCUT2D eigenvalue weighted by atomic mass is 10.0. The molecule has 0 saturated heterocycles. The number of methoxy groups -OCH3 is 1. The maximum atomic E-state index is 13.3. The van der Waals surface area contributed by atoms with Crippen molar-refractivity contribution in [3.63, 3.8) is 0 Å². The van der Waals surface area contributed by atoms with E-state index < -0.39 is 18.8 Å². The summed E-state index contributed by atoms with van der Waals surface area (Å²) in [6.45, 7) is 2.18. The Hall–Kier alpha value is -3.55. The average Bonchev–Trinajstić information content (AvgIpc) is 3.20. The highest BCUT2D eigenvalue weighted by Crippen LogP contribution is 2.36. The molecule has 0 aliphatic rings. The number of rotatable bonds is 10. The normalized spacial score (nSPS) is 11.7. The maximum Gasteiger partial charge on any atom is 0.435 e. The molecule has 8 nitrogen and oxygen atoms in total. The van der Waals surface area contributed by atoms with Crippen LogP contribution in [0.4, 0.5) is 26.7 Å². The van der Waals surface area contributed by atoms with Gasteiger partial charge in [-0.3, -0.25) is 14.2 Å². The molecule has 3 aromatic heterocycles. The predicted octanol–water partition coefficient (Wildman–Crippen LogP) is 4.79. The van der Waals surface area contributed by atoms with Gasteiger partial charge in [-0.1, -0.05) is 0 Å². The average molecular weight is 550 g/mol. The topological polar surface area (TPSA) is 92.0 Å². The van der Waals surface area contributed by atoms with Crippen LogP contribution in [0.1, 0.15) is 35.9 Å². The molecule has 210 valence electrons. The van der Waals surface area contributed by atoms with Crippen molar-refractivity contribution in [2.24, 2.45) is 7.05 Å². The largest absolute Gasteiger partial charge is 0.472 e. The second kappa shape index (κ2) is 15.0. The van der Waals surface area contributed by atoms with Crippen molar-refractivity contribution in [3.05, 3.63) is 53.1 Å². The molecule has 0 aliphatic carbocycles. The number of carbonyl (C=O) groups excluding carboxylic acids is 1. The van der Waals surface area contributed by atoms with Crippen LogP contribution in [0.2, 0.25) is 0 Å². The van der Waals surface area contributed by atoms with E-state index in [9.17, 15) is 26.7 Å². The number of aryl methyl sites for hydroxylation is 3. The molecule has 0 aromatic carbocycles. The fourth-order valence-corrected chi connectivity index (χ4v) is 3.48. The molecule has 38 heavy (non-hydrogen) atoms. The number of alkyl halides is 5. The quantitative estimate of drug-likeness (QED) is 0.336. The lowest BCUT2D eigenvalue weighted by Crippen LogP contribution is -2.18. The summed E-state index contributed by atoms with van der Waals surface area (Å²) in [5.74, 6) is 0.401. The number of hydrogen-bond acceptors (Lipinski definition) is 7. The molecule has 0 saturated carbocycles. The molecule has 0 spiro atoms. The molecule has 0 N–H and O–H groups in total. The van der Waals surface area contributed by atoms with E-state index >= 15 is 0 Å². The number of nitrogens with zero attached hydrogens (tertiary/aromatic N) is 5. The van der Waals surface area contributed by atoms with Crippen molar-refractivity contribution < 1.29 is 40.9 Å². The Balaban J connectivity index is 0.00000172. The SMILES string of the molecule is COCC(C)Oc1cc(CC(=O)CCc2cc(C)c(-c3cn(C)nc3C(F)(F)F)nn2)ccn1.F.FCF. The number of halogens is 6. The number of pyridine rings is 1. The van der Waals surface area contributed by atoms with Gasteiger partial charge in [0.2, 0.25) is 12.8 Å². The van der Waals surface area contributed by atoms with Crippen LogP contribution in [0.5, 0.6) is 5.88 Å². The van der Waals surface area contributed by atoms with Gasteiger partial charge in [-0.2, -0.15) is 23.4 Å². The third-order valence-electron chi connectivity index (χ3n) is 4.97. The molecule has 0 amide bonds. The first kappa shape index (κ1) is 32.5. The maximum absolute atomic E-state index is 13.3. The summed E-state index contributed by atoms with van der Waals surface area (Å²) >= 11 is 0. The van der Waals surface area contributed by atoms with Crippen LogP contribution in [-0.2, 0) is 35.6 Å². The van der Waals surface area contributed by atoms with Crippen molar-refractivity contribution in [1.82, 2.24) is 25.0 Å². The Morgan fingerprint density at radius 1 is 1.18 bits per heavy atom. The van der Waals surface area contributed by atoms with Gasteiger partial charge in [-0.15, -0.1) is 5.10 Å². The molecule has 1 atom stereocenters. The van der Waals surface area contributed by atoms with Gasteiger partial charge >= 0.3 is 6.18 Å². The molecule has 0 bridgehead atoms. The molecule has 3 rings (SSSR count). The van der Waals surface area contributed by atoms with Crippen LogP contribution < -0.4 is 4.74 Å². The highest BCUT2D eigenvalue weighted by atomic mass is 19.4. The van der Waals surface area contributed by atoms with E-state index in [1.165, 1.54) is 13.2 Å². The molecule has 14 heteroatoms. The van der Waals surface area contributed by atoms with Crippen molar-refractivity contribution in [1.29, 1.82) is 0 Å². The summed E-state index contributed by atoms with van der Waals surface area (Å²) in [4.78, 5) is 16.6. The number of ether oxygens (including phenoxy) is 2. The van der Waals surface area contributed by atoms with E-state index in [1.807, 2.05) is 6.92 Å². The summed E-state index contributed by atoms with van der Waals surface area (Å²) in [5.41, 5.74) is 0.804. The first-order chi connectivity index (χ1) is 17.5. The van der Waals surface area contributed by atoms with Crippen molar-refractivity contribution in [3.8, 4) is 17.1 Å². The Labute approximate surface area is 215 Å². The standard InChI is InChI=1S/C23H26F3N5O3.CH2F2.FH/c1-14-9-17(28-29-21(14)19-12-31(3)30-22(19)23(24,25)26)5-6-18(32)10-16-7-8-27-20(11-16)34-15(2)13-33-4;2-1-3;/h7-9,11-12,15H,5-6,10,13H2,1-4H3;1H2;1H. The summed E-state index contributed by atoms with van der Waals surface area (Å²) in [5, 5.41) is 11.6. The summed E-state index contributed by atoms with van der Waals surface area (Å²) in [7, 11) is 3.00. The minimum absolute atomic E-state index is 0. The molecule has 0 aliphatic heterocycles. The fourth-order valence-electron chi connectivity index (χ4n) is 3.48. The fraction of sp³-hybridized carbons (Fsp3) is 0.458. The highest BCUT2D eigenvalue weighted by Gasteiger charge is 2.38. The monoisotopic (exact) mass is 549 g/mol. The Morgan fingerprint density at radius 3 is 2.47 bits per heavy atom. The summed E-state index contributed by atoms with van der Waals surface area (Å²) < 4.78 is 70.9. The Kier molecular flexibility index (Phi) is 12.8. The van der Waals surface area contributed by atoms with Gasteiger partial charge in [-0.05, 0) is 43.5 Å². The third kappa shape index (κ3) is 9.72. The van der Waals surface area contributed by atoms with E-state index in [4.69, 9.17) is 9.47 Å². The number of hydrogen-bond donors (Lipinski definition) is 0. The zero-order chi connectivity index (χ0) is 27.6. The van der Waals surface area contributed by atoms with E-state index in [1.54, 1.807) is 38.4 Å². The lowest BCUT2D eigenvalue weighted by molar-refractivity contribution is -0.141. The van der Waals surface area contributed by atoms with Crippen LogP contribution in [0, 0.1) is 6.92 Å². The first-order valence-corrected chi connectivity index (χ1v) is 11.2. The molecule has 0 fully saturated rings. The van der Waals surface area contributed by atoms with Crippen LogP contribution in [-0.4, -0.2) is 57.5 Å². The predicted molar refractivity (Wildman–Crippen MR) is 127 cm³/mol. The zero-order valence-electron chi connectivity index (χ0n) is 21.3. The molecule has 0 radical (unpaired) electrons. The van der Waals surface area contributed by atoms with Gasteiger partial charge in [0.1, 0.15) is 11.9 Å². The van der Waals surface area contributed by atoms with E-state index in [-0.39, 0.29) is 40.7 Å². The van der Waals surface area contributed by atoms with Gasteiger partial charge in [0.25, 0.3) is 0 Å². The highest BCUT2D eigenvalue weighted by molar-refractivity contribution is 5.81. The summed E-state index contributed by atoms with van der Waals surface area (Å²) in [6.07, 6.45) is -1.18. The number of ketones is 1.